The Morgan fingerprint density at radius 3 is 3.05 bits per heavy atom. The molecule has 110 valence electrons. The fourth-order valence-corrected chi connectivity index (χ4v) is 4.07. The molecule has 2 aromatic rings. The van der Waals surface area contributed by atoms with E-state index in [0.29, 0.717) is 23.7 Å². The first-order valence-corrected chi connectivity index (χ1v) is 8.16. The highest BCUT2D eigenvalue weighted by Crippen LogP contribution is 2.36. The van der Waals surface area contributed by atoms with Gasteiger partial charge in [0.1, 0.15) is 10.9 Å². The Morgan fingerprint density at radius 1 is 1.52 bits per heavy atom. The monoisotopic (exact) mass is 367 g/mol. The fraction of sp³-hybridized carbons (Fsp3) is 0.286. The molecule has 2 heterocycles. The van der Waals surface area contributed by atoms with Gasteiger partial charge in [0, 0.05) is 27.6 Å². The first-order chi connectivity index (χ1) is 9.99. The molecule has 7 heteroatoms. The van der Waals surface area contributed by atoms with Crippen molar-refractivity contribution in [1.29, 1.82) is 0 Å². The number of hydrogen-bond acceptors (Lipinski definition) is 4. The van der Waals surface area contributed by atoms with Crippen LogP contribution in [0.15, 0.2) is 22.7 Å². The standard InChI is InChI=1S/C14H14BrN3O2S/c1-7-13(19)17-4-5-18(7)14(20)12-11(16)9-3-2-8(15)6-10(9)21-12/h2-3,6-7H,4-5,16H2,1H3,(H,17,19). The molecule has 1 aliphatic rings. The van der Waals surface area contributed by atoms with E-state index in [9.17, 15) is 9.59 Å². The number of hydrogen-bond donors (Lipinski definition) is 2. The number of anilines is 1. The van der Waals surface area contributed by atoms with Crippen LogP contribution in [0.1, 0.15) is 16.6 Å². The molecule has 3 N–H and O–H groups in total. The van der Waals surface area contributed by atoms with Gasteiger partial charge in [0.05, 0.1) is 5.69 Å². The lowest BCUT2D eigenvalue weighted by Crippen LogP contribution is -2.55. The zero-order valence-corrected chi connectivity index (χ0v) is 13.8. The van der Waals surface area contributed by atoms with Crippen molar-refractivity contribution in [2.75, 3.05) is 18.8 Å². The highest BCUT2D eigenvalue weighted by atomic mass is 79.9. The highest BCUT2D eigenvalue weighted by molar-refractivity contribution is 9.10. The lowest BCUT2D eigenvalue weighted by atomic mass is 10.1. The maximum atomic E-state index is 12.7. The van der Waals surface area contributed by atoms with Crippen molar-refractivity contribution in [3.05, 3.63) is 27.5 Å². The maximum Gasteiger partial charge on any atom is 0.266 e. The summed E-state index contributed by atoms with van der Waals surface area (Å²) in [5.41, 5.74) is 6.62. The van der Waals surface area contributed by atoms with Crippen molar-refractivity contribution in [3.8, 4) is 0 Å². The Kier molecular flexibility index (Phi) is 3.62. The Morgan fingerprint density at radius 2 is 2.29 bits per heavy atom. The summed E-state index contributed by atoms with van der Waals surface area (Å²) in [5, 5.41) is 3.63. The number of nitrogens with one attached hydrogen (secondary N) is 1. The summed E-state index contributed by atoms with van der Waals surface area (Å²) in [5.74, 6) is -0.302. The van der Waals surface area contributed by atoms with Gasteiger partial charge in [-0.15, -0.1) is 11.3 Å². The number of amides is 2. The van der Waals surface area contributed by atoms with E-state index < -0.39 is 6.04 Å². The second-order valence-electron chi connectivity index (χ2n) is 4.95. The van der Waals surface area contributed by atoms with Crippen LogP contribution in [-0.2, 0) is 4.79 Å². The average molecular weight is 368 g/mol. The van der Waals surface area contributed by atoms with Gasteiger partial charge in [-0.3, -0.25) is 9.59 Å². The van der Waals surface area contributed by atoms with Gasteiger partial charge >= 0.3 is 0 Å². The lowest BCUT2D eigenvalue weighted by molar-refractivity contribution is -0.127. The van der Waals surface area contributed by atoms with Crippen LogP contribution in [0.4, 0.5) is 5.69 Å². The molecule has 1 atom stereocenters. The number of piperazine rings is 1. The van der Waals surface area contributed by atoms with Gasteiger partial charge in [-0.1, -0.05) is 22.0 Å². The maximum absolute atomic E-state index is 12.7. The summed E-state index contributed by atoms with van der Waals surface area (Å²) in [6.07, 6.45) is 0. The molecular weight excluding hydrogens is 354 g/mol. The SMILES string of the molecule is CC1C(=O)NCCN1C(=O)c1sc2cc(Br)ccc2c1N. The number of nitrogen functional groups attached to an aromatic ring is 1. The average Bonchev–Trinajstić information content (AvgIpc) is 2.78. The number of thiophene rings is 1. The minimum atomic E-state index is -0.470. The van der Waals surface area contributed by atoms with Gasteiger partial charge in [0.25, 0.3) is 5.91 Å². The number of nitrogens with two attached hydrogens (primary N) is 1. The zero-order valence-electron chi connectivity index (χ0n) is 11.4. The number of fused-ring (bicyclic) bond motifs is 1. The van der Waals surface area contributed by atoms with Crippen LogP contribution in [0.2, 0.25) is 0 Å². The summed E-state index contributed by atoms with van der Waals surface area (Å²) in [7, 11) is 0. The van der Waals surface area contributed by atoms with E-state index in [1.807, 2.05) is 18.2 Å². The minimum absolute atomic E-state index is 0.128. The van der Waals surface area contributed by atoms with E-state index in [-0.39, 0.29) is 11.8 Å². The fourth-order valence-electron chi connectivity index (χ4n) is 2.44. The molecular formula is C14H14BrN3O2S. The van der Waals surface area contributed by atoms with Gasteiger partial charge in [-0.2, -0.15) is 0 Å². The summed E-state index contributed by atoms with van der Waals surface area (Å²) in [6, 6.07) is 5.27. The predicted molar refractivity (Wildman–Crippen MR) is 87.4 cm³/mol. The summed E-state index contributed by atoms with van der Waals surface area (Å²) < 4.78 is 1.90. The third-order valence-corrected chi connectivity index (χ3v) is 5.29. The number of nitrogens with zero attached hydrogens (tertiary/aromatic N) is 1. The van der Waals surface area contributed by atoms with Gasteiger partial charge in [0.15, 0.2) is 0 Å². The molecule has 0 aliphatic carbocycles. The van der Waals surface area contributed by atoms with Gasteiger partial charge in [0.2, 0.25) is 5.91 Å². The minimum Gasteiger partial charge on any atom is -0.397 e. The van der Waals surface area contributed by atoms with E-state index in [2.05, 4.69) is 21.2 Å². The molecule has 0 radical (unpaired) electrons. The quantitative estimate of drug-likeness (QED) is 0.811. The van der Waals surface area contributed by atoms with Crippen LogP contribution in [0.3, 0.4) is 0 Å². The second-order valence-corrected chi connectivity index (χ2v) is 6.92. The van der Waals surface area contributed by atoms with Crippen molar-refractivity contribution in [1.82, 2.24) is 10.2 Å². The van der Waals surface area contributed by atoms with Crippen molar-refractivity contribution in [2.24, 2.45) is 0 Å². The smallest absolute Gasteiger partial charge is 0.266 e. The first-order valence-electron chi connectivity index (χ1n) is 6.55. The Labute approximate surface area is 134 Å². The topological polar surface area (TPSA) is 75.4 Å². The van der Waals surface area contributed by atoms with Crippen molar-refractivity contribution in [3.63, 3.8) is 0 Å². The molecule has 1 aromatic carbocycles. The molecule has 1 fully saturated rings. The molecule has 0 spiro atoms. The molecule has 3 rings (SSSR count). The summed E-state index contributed by atoms with van der Waals surface area (Å²) in [6.45, 7) is 2.71. The van der Waals surface area contributed by atoms with Gasteiger partial charge < -0.3 is 16.0 Å². The van der Waals surface area contributed by atoms with E-state index >= 15 is 0 Å². The predicted octanol–water partition coefficient (Wildman–Crippen LogP) is 2.21. The van der Waals surface area contributed by atoms with E-state index in [1.54, 1.807) is 11.8 Å². The largest absolute Gasteiger partial charge is 0.397 e. The third kappa shape index (κ3) is 2.40. The van der Waals surface area contributed by atoms with Crippen LogP contribution in [0.25, 0.3) is 10.1 Å². The van der Waals surface area contributed by atoms with Crippen LogP contribution >= 0.6 is 27.3 Å². The molecule has 5 nitrogen and oxygen atoms in total. The molecule has 1 aliphatic heterocycles. The van der Waals surface area contributed by atoms with E-state index in [0.717, 1.165) is 14.6 Å². The second kappa shape index (κ2) is 5.31. The highest BCUT2D eigenvalue weighted by Gasteiger charge is 2.32. The molecule has 2 amide bonds. The molecule has 1 unspecified atom stereocenters. The van der Waals surface area contributed by atoms with Crippen LogP contribution < -0.4 is 11.1 Å². The molecule has 21 heavy (non-hydrogen) atoms. The normalized spacial score (nSPS) is 18.9. The third-order valence-electron chi connectivity index (χ3n) is 3.64. The van der Waals surface area contributed by atoms with Crippen LogP contribution in [-0.4, -0.2) is 35.8 Å². The van der Waals surface area contributed by atoms with Crippen LogP contribution in [0, 0.1) is 0 Å². The van der Waals surface area contributed by atoms with Crippen molar-refractivity contribution in [2.45, 2.75) is 13.0 Å². The van der Waals surface area contributed by atoms with E-state index in [4.69, 9.17) is 5.73 Å². The summed E-state index contributed by atoms with van der Waals surface area (Å²) in [4.78, 5) is 26.5. The zero-order chi connectivity index (χ0) is 15.1. The van der Waals surface area contributed by atoms with Crippen molar-refractivity contribution < 1.29 is 9.59 Å². The number of carbonyl (C=O) groups is 2. The number of carbonyl (C=O) groups excluding carboxylic acids is 2. The Balaban J connectivity index is 2.01. The van der Waals surface area contributed by atoms with E-state index in [1.165, 1.54) is 11.3 Å². The number of rotatable bonds is 1. The Bertz CT molecular complexity index is 743. The number of benzene rings is 1. The van der Waals surface area contributed by atoms with Crippen molar-refractivity contribution >= 4 is 54.9 Å². The van der Waals surface area contributed by atoms with Gasteiger partial charge in [-0.05, 0) is 19.1 Å². The molecule has 0 saturated carbocycles. The van der Waals surface area contributed by atoms with Gasteiger partial charge in [-0.25, -0.2) is 0 Å². The van der Waals surface area contributed by atoms with Crippen LogP contribution in [0.5, 0.6) is 0 Å². The molecule has 0 bridgehead atoms. The first kappa shape index (κ1) is 14.3. The molecule has 1 saturated heterocycles. The lowest BCUT2D eigenvalue weighted by Gasteiger charge is -2.32. The number of halogens is 1. The molecule has 1 aromatic heterocycles. The Hall–Kier alpha value is -1.60. The summed E-state index contributed by atoms with van der Waals surface area (Å²) >= 11 is 4.78.